The fourth-order valence-corrected chi connectivity index (χ4v) is 3.89. The summed E-state index contributed by atoms with van der Waals surface area (Å²) in [7, 11) is 0. The van der Waals surface area contributed by atoms with E-state index >= 15 is 0 Å². The van der Waals surface area contributed by atoms with Crippen molar-refractivity contribution in [2.75, 3.05) is 28.6 Å². The van der Waals surface area contributed by atoms with E-state index in [0.717, 1.165) is 44.3 Å². The molecule has 1 atom stereocenters. The summed E-state index contributed by atoms with van der Waals surface area (Å²) in [6.07, 6.45) is 4.05. The van der Waals surface area contributed by atoms with Crippen molar-refractivity contribution < 1.29 is 9.59 Å². The molecule has 1 aromatic carbocycles. The summed E-state index contributed by atoms with van der Waals surface area (Å²) in [5.41, 5.74) is 1.63. The number of aromatic nitrogens is 2. The third-order valence-corrected chi connectivity index (χ3v) is 5.54. The van der Waals surface area contributed by atoms with E-state index in [9.17, 15) is 14.4 Å². The molecule has 0 unspecified atom stereocenters. The molecule has 2 aliphatic rings. The number of nitrogens with one attached hydrogen (secondary N) is 3. The number of aryl methyl sites for hydroxylation is 1. The Kier molecular flexibility index (Phi) is 5.33. The normalized spacial score (nSPS) is 18.7. The SMILES string of the molecule is CCc1ccc(NC(=O)[C@H]2CC(=O)Nc3nc(N4CCCCC4)[nH]c(=O)c32)cc1. The van der Waals surface area contributed by atoms with Gasteiger partial charge in [0.1, 0.15) is 5.82 Å². The number of nitrogens with zero attached hydrogens (tertiary/aromatic N) is 2. The van der Waals surface area contributed by atoms with Crippen LogP contribution in [0.1, 0.15) is 49.7 Å². The van der Waals surface area contributed by atoms with Gasteiger partial charge in [-0.05, 0) is 43.4 Å². The molecule has 0 spiro atoms. The van der Waals surface area contributed by atoms with Gasteiger partial charge in [0.05, 0.1) is 11.5 Å². The third kappa shape index (κ3) is 4.01. The summed E-state index contributed by atoms with van der Waals surface area (Å²) >= 11 is 0. The van der Waals surface area contributed by atoms with Crippen LogP contribution in [0.4, 0.5) is 17.5 Å². The maximum atomic E-state index is 12.9. The van der Waals surface area contributed by atoms with E-state index in [2.05, 4.69) is 27.5 Å². The molecule has 0 saturated carbocycles. The summed E-state index contributed by atoms with van der Waals surface area (Å²) in [6.45, 7) is 3.68. The van der Waals surface area contributed by atoms with Gasteiger partial charge in [-0.15, -0.1) is 0 Å². The largest absolute Gasteiger partial charge is 0.342 e. The van der Waals surface area contributed by atoms with E-state index < -0.39 is 5.92 Å². The molecule has 4 rings (SSSR count). The van der Waals surface area contributed by atoms with Crippen molar-refractivity contribution in [2.24, 2.45) is 0 Å². The topological polar surface area (TPSA) is 107 Å². The minimum absolute atomic E-state index is 0.0836. The highest BCUT2D eigenvalue weighted by Crippen LogP contribution is 2.30. The number of H-pyrrole nitrogens is 1. The van der Waals surface area contributed by atoms with Gasteiger partial charge < -0.3 is 15.5 Å². The highest BCUT2D eigenvalue weighted by atomic mass is 16.2. The van der Waals surface area contributed by atoms with Crippen molar-refractivity contribution in [2.45, 2.75) is 44.9 Å². The van der Waals surface area contributed by atoms with Crippen LogP contribution in [-0.2, 0) is 16.0 Å². The van der Waals surface area contributed by atoms with E-state index in [-0.39, 0.29) is 35.2 Å². The maximum Gasteiger partial charge on any atom is 0.258 e. The van der Waals surface area contributed by atoms with Crippen LogP contribution < -0.4 is 21.1 Å². The molecule has 152 valence electrons. The number of aromatic amines is 1. The quantitative estimate of drug-likeness (QED) is 0.737. The Hall–Kier alpha value is -3.16. The molecule has 0 radical (unpaired) electrons. The third-order valence-electron chi connectivity index (χ3n) is 5.54. The van der Waals surface area contributed by atoms with E-state index in [1.165, 1.54) is 0 Å². The molecule has 2 aromatic rings. The zero-order chi connectivity index (χ0) is 20.4. The van der Waals surface area contributed by atoms with Crippen LogP contribution in [0.5, 0.6) is 0 Å². The first kappa shape index (κ1) is 19.2. The van der Waals surface area contributed by atoms with Gasteiger partial charge in [-0.3, -0.25) is 19.4 Å². The minimum atomic E-state index is -0.878. The van der Waals surface area contributed by atoms with Crippen LogP contribution in [0.3, 0.4) is 0 Å². The summed E-state index contributed by atoms with van der Waals surface area (Å²) in [6, 6.07) is 7.53. The lowest BCUT2D eigenvalue weighted by atomic mass is 9.92. The summed E-state index contributed by atoms with van der Waals surface area (Å²) in [4.78, 5) is 47.2. The van der Waals surface area contributed by atoms with E-state index in [4.69, 9.17) is 0 Å². The zero-order valence-corrected chi connectivity index (χ0v) is 16.5. The molecular formula is C21H25N5O3. The highest BCUT2D eigenvalue weighted by molar-refractivity contribution is 6.04. The van der Waals surface area contributed by atoms with E-state index in [0.29, 0.717) is 11.6 Å². The molecule has 8 nitrogen and oxygen atoms in total. The Morgan fingerprint density at radius 2 is 1.90 bits per heavy atom. The fourth-order valence-electron chi connectivity index (χ4n) is 3.89. The maximum absolute atomic E-state index is 12.9. The summed E-state index contributed by atoms with van der Waals surface area (Å²) in [5, 5.41) is 5.49. The monoisotopic (exact) mass is 395 g/mol. The number of rotatable bonds is 4. The average molecular weight is 395 g/mol. The Morgan fingerprint density at radius 3 is 2.59 bits per heavy atom. The van der Waals surface area contributed by atoms with Gasteiger partial charge in [-0.25, -0.2) is 0 Å². The molecule has 2 aliphatic heterocycles. The van der Waals surface area contributed by atoms with Crippen molar-refractivity contribution in [3.8, 4) is 0 Å². The number of benzene rings is 1. The van der Waals surface area contributed by atoms with Crippen molar-refractivity contribution in [1.29, 1.82) is 0 Å². The van der Waals surface area contributed by atoms with Gasteiger partial charge in [0.15, 0.2) is 0 Å². The van der Waals surface area contributed by atoms with E-state index in [1.807, 2.05) is 29.2 Å². The molecule has 0 bridgehead atoms. The molecule has 3 N–H and O–H groups in total. The van der Waals surface area contributed by atoms with Crippen LogP contribution >= 0.6 is 0 Å². The van der Waals surface area contributed by atoms with Crippen LogP contribution in [0.2, 0.25) is 0 Å². The first-order chi connectivity index (χ1) is 14.0. The average Bonchev–Trinajstić information content (AvgIpc) is 2.74. The molecule has 1 saturated heterocycles. The molecule has 3 heterocycles. The van der Waals surface area contributed by atoms with Gasteiger partial charge in [0.2, 0.25) is 17.8 Å². The molecule has 1 aromatic heterocycles. The second-order valence-electron chi connectivity index (χ2n) is 7.54. The Morgan fingerprint density at radius 1 is 1.17 bits per heavy atom. The van der Waals surface area contributed by atoms with Crippen molar-refractivity contribution in [3.63, 3.8) is 0 Å². The predicted octanol–water partition coefficient (Wildman–Crippen LogP) is 2.39. The number of carbonyl (C=O) groups excluding carboxylic acids is 2. The van der Waals surface area contributed by atoms with Crippen LogP contribution in [0.15, 0.2) is 29.1 Å². The lowest BCUT2D eigenvalue weighted by Gasteiger charge is -2.29. The van der Waals surface area contributed by atoms with Gasteiger partial charge in [0.25, 0.3) is 5.56 Å². The van der Waals surface area contributed by atoms with Gasteiger partial charge >= 0.3 is 0 Å². The first-order valence-electron chi connectivity index (χ1n) is 10.1. The Labute approximate surface area is 168 Å². The van der Waals surface area contributed by atoms with Gasteiger partial charge in [-0.1, -0.05) is 19.1 Å². The molecule has 0 aliphatic carbocycles. The van der Waals surface area contributed by atoms with Crippen molar-refractivity contribution in [1.82, 2.24) is 9.97 Å². The fraction of sp³-hybridized carbons (Fsp3) is 0.429. The summed E-state index contributed by atoms with van der Waals surface area (Å²) in [5.74, 6) is -0.946. The second kappa shape index (κ2) is 8.06. The zero-order valence-electron chi connectivity index (χ0n) is 16.5. The standard InChI is InChI=1S/C21H25N5O3/c1-2-13-6-8-14(9-7-13)22-19(28)15-12-16(27)23-18-17(15)20(29)25-21(24-18)26-10-4-3-5-11-26/h6-9,15H,2-5,10-12H2,1H3,(H,22,28)(H2,23,24,25,27,29)/t15-/m0/s1. The first-order valence-corrected chi connectivity index (χ1v) is 10.1. The predicted molar refractivity (Wildman–Crippen MR) is 111 cm³/mol. The second-order valence-corrected chi connectivity index (χ2v) is 7.54. The Bertz CT molecular complexity index is 977. The Balaban J connectivity index is 1.61. The van der Waals surface area contributed by atoms with Gasteiger partial charge in [0, 0.05) is 25.2 Å². The number of fused-ring (bicyclic) bond motifs is 1. The number of amides is 2. The number of carbonyl (C=O) groups is 2. The molecule has 29 heavy (non-hydrogen) atoms. The van der Waals surface area contributed by atoms with Gasteiger partial charge in [-0.2, -0.15) is 4.98 Å². The molecule has 8 heteroatoms. The number of hydrogen-bond donors (Lipinski definition) is 3. The molecule has 2 amide bonds. The van der Waals surface area contributed by atoms with Crippen molar-refractivity contribution >= 4 is 29.3 Å². The minimum Gasteiger partial charge on any atom is -0.342 e. The number of anilines is 3. The molecular weight excluding hydrogens is 370 g/mol. The number of hydrogen-bond acceptors (Lipinski definition) is 5. The van der Waals surface area contributed by atoms with E-state index in [1.54, 1.807) is 0 Å². The lowest BCUT2D eigenvalue weighted by Crippen LogP contribution is -2.38. The smallest absolute Gasteiger partial charge is 0.258 e. The highest BCUT2D eigenvalue weighted by Gasteiger charge is 2.35. The van der Waals surface area contributed by atoms with Crippen LogP contribution in [-0.4, -0.2) is 34.9 Å². The molecule has 1 fully saturated rings. The lowest BCUT2D eigenvalue weighted by molar-refractivity contribution is -0.123. The number of piperidine rings is 1. The van der Waals surface area contributed by atoms with Crippen molar-refractivity contribution in [3.05, 3.63) is 45.7 Å². The van der Waals surface area contributed by atoms with Crippen LogP contribution in [0, 0.1) is 0 Å². The van der Waals surface area contributed by atoms with Crippen LogP contribution in [0.25, 0.3) is 0 Å². The summed E-state index contributed by atoms with van der Waals surface area (Å²) < 4.78 is 0.